The van der Waals surface area contributed by atoms with E-state index in [0.29, 0.717) is 13.2 Å². The van der Waals surface area contributed by atoms with E-state index in [2.05, 4.69) is 22.6 Å². The average Bonchev–Trinajstić information content (AvgIpc) is 2.37. The first kappa shape index (κ1) is 13.7. The number of hydrogen-bond donors (Lipinski definition) is 0. The second-order valence-corrected chi connectivity index (χ2v) is 5.87. The molecule has 2 rings (SSSR count). The van der Waals surface area contributed by atoms with Crippen molar-refractivity contribution in [1.82, 2.24) is 0 Å². The molecule has 0 saturated carbocycles. The van der Waals surface area contributed by atoms with Crippen LogP contribution >= 0.6 is 22.6 Å². The molecule has 0 unspecified atom stereocenters. The molecule has 0 aliphatic carbocycles. The fourth-order valence-corrected chi connectivity index (χ4v) is 2.33. The predicted octanol–water partition coefficient (Wildman–Crippen LogP) is 2.88. The lowest BCUT2D eigenvalue weighted by atomic mass is 9.86. The highest BCUT2D eigenvalue weighted by molar-refractivity contribution is 14.1. The van der Waals surface area contributed by atoms with Crippen molar-refractivity contribution in [2.24, 2.45) is 5.41 Å². The summed E-state index contributed by atoms with van der Waals surface area (Å²) >= 11 is 2.25. The quantitative estimate of drug-likeness (QED) is 0.616. The van der Waals surface area contributed by atoms with Crippen molar-refractivity contribution in [3.05, 3.63) is 39.5 Å². The van der Waals surface area contributed by atoms with Crippen LogP contribution in [0, 0.1) is 8.99 Å². The van der Waals surface area contributed by atoms with Crippen LogP contribution in [0.15, 0.2) is 30.3 Å². The Balaban J connectivity index is 2.06. The molecule has 1 aliphatic rings. The first-order valence-electron chi connectivity index (χ1n) is 5.74. The van der Waals surface area contributed by atoms with Crippen molar-refractivity contribution < 1.29 is 14.3 Å². The highest BCUT2D eigenvalue weighted by Crippen LogP contribution is 2.23. The zero-order valence-electron chi connectivity index (χ0n) is 10.2. The molecule has 1 saturated heterocycles. The van der Waals surface area contributed by atoms with Gasteiger partial charge < -0.3 is 9.47 Å². The summed E-state index contributed by atoms with van der Waals surface area (Å²) in [5.74, 6) is 0.0426. The van der Waals surface area contributed by atoms with E-state index in [1.807, 2.05) is 37.3 Å². The molecule has 1 heterocycles. The second-order valence-electron chi connectivity index (χ2n) is 4.63. The summed E-state index contributed by atoms with van der Waals surface area (Å²) in [6, 6.07) is 7.99. The molecule has 0 atom stereocenters. The number of rotatable bonds is 3. The first-order chi connectivity index (χ1) is 8.60. The van der Waals surface area contributed by atoms with E-state index in [1.54, 1.807) is 6.08 Å². The number of ether oxygens (including phenoxy) is 2. The van der Waals surface area contributed by atoms with Gasteiger partial charge in [-0.3, -0.25) is 4.79 Å². The zero-order chi connectivity index (χ0) is 13.0. The maximum Gasteiger partial charge on any atom is 0.166 e. The maximum absolute atomic E-state index is 12.1. The minimum Gasteiger partial charge on any atom is -0.354 e. The van der Waals surface area contributed by atoms with Crippen LogP contribution in [0.1, 0.15) is 12.5 Å². The Bertz CT molecular complexity index is 462. The Morgan fingerprint density at radius 2 is 2.11 bits per heavy atom. The average molecular weight is 358 g/mol. The first-order valence-corrected chi connectivity index (χ1v) is 6.82. The molecule has 18 heavy (non-hydrogen) atoms. The van der Waals surface area contributed by atoms with Crippen molar-refractivity contribution >= 4 is 34.5 Å². The van der Waals surface area contributed by atoms with Crippen LogP contribution in [0.3, 0.4) is 0 Å². The predicted molar refractivity (Wildman–Crippen MR) is 78.1 cm³/mol. The van der Waals surface area contributed by atoms with Gasteiger partial charge in [-0.25, -0.2) is 0 Å². The van der Waals surface area contributed by atoms with Crippen LogP contribution in [0.25, 0.3) is 6.08 Å². The third-order valence-corrected chi connectivity index (χ3v) is 3.55. The van der Waals surface area contributed by atoms with Crippen molar-refractivity contribution in [1.29, 1.82) is 0 Å². The third kappa shape index (κ3) is 3.40. The number of benzene rings is 1. The molecule has 1 aromatic carbocycles. The summed E-state index contributed by atoms with van der Waals surface area (Å²) in [4.78, 5) is 12.1. The highest BCUT2D eigenvalue weighted by Gasteiger charge is 2.34. The zero-order valence-corrected chi connectivity index (χ0v) is 12.3. The van der Waals surface area contributed by atoms with Gasteiger partial charge in [0.05, 0.1) is 18.6 Å². The van der Waals surface area contributed by atoms with Crippen LogP contribution in [0.5, 0.6) is 0 Å². The number of hydrogen-bond acceptors (Lipinski definition) is 3. The molecule has 1 aliphatic heterocycles. The molecule has 0 radical (unpaired) electrons. The Labute approximate surface area is 120 Å². The van der Waals surface area contributed by atoms with E-state index in [1.165, 1.54) is 0 Å². The summed E-state index contributed by atoms with van der Waals surface area (Å²) in [5.41, 5.74) is 0.466. The third-order valence-electron chi connectivity index (χ3n) is 2.88. The molecule has 0 amide bonds. The molecule has 4 heteroatoms. The van der Waals surface area contributed by atoms with Crippen molar-refractivity contribution in [2.75, 3.05) is 20.0 Å². The second kappa shape index (κ2) is 5.95. The normalized spacial score (nSPS) is 19.0. The Morgan fingerprint density at radius 1 is 1.39 bits per heavy atom. The van der Waals surface area contributed by atoms with Gasteiger partial charge in [0, 0.05) is 3.57 Å². The van der Waals surface area contributed by atoms with Gasteiger partial charge in [0.2, 0.25) is 0 Å². The van der Waals surface area contributed by atoms with Crippen molar-refractivity contribution in [3.8, 4) is 0 Å². The monoisotopic (exact) mass is 358 g/mol. The Hall–Kier alpha value is -0.720. The number of halogens is 1. The van der Waals surface area contributed by atoms with Crippen LogP contribution in [0.4, 0.5) is 0 Å². The van der Waals surface area contributed by atoms with Gasteiger partial charge >= 0.3 is 0 Å². The van der Waals surface area contributed by atoms with E-state index in [-0.39, 0.29) is 12.6 Å². The van der Waals surface area contributed by atoms with E-state index in [9.17, 15) is 4.79 Å². The topological polar surface area (TPSA) is 35.5 Å². The molecule has 0 aromatic heterocycles. The van der Waals surface area contributed by atoms with Crippen LogP contribution in [-0.2, 0) is 14.3 Å². The van der Waals surface area contributed by atoms with E-state index in [0.717, 1.165) is 9.13 Å². The Kier molecular flexibility index (Phi) is 4.53. The smallest absolute Gasteiger partial charge is 0.166 e. The fourth-order valence-electron chi connectivity index (χ4n) is 1.76. The molecule has 1 aromatic rings. The summed E-state index contributed by atoms with van der Waals surface area (Å²) in [5, 5.41) is 0. The number of ketones is 1. The van der Waals surface area contributed by atoms with Gasteiger partial charge in [-0.15, -0.1) is 0 Å². The summed E-state index contributed by atoms with van der Waals surface area (Å²) in [6.07, 6.45) is 3.45. The molecule has 3 nitrogen and oxygen atoms in total. The minimum atomic E-state index is -0.559. The number of carbonyl (C=O) groups is 1. The van der Waals surface area contributed by atoms with Crippen LogP contribution in [-0.4, -0.2) is 25.8 Å². The van der Waals surface area contributed by atoms with Gasteiger partial charge in [0.25, 0.3) is 0 Å². The lowest BCUT2D eigenvalue weighted by Gasteiger charge is -2.30. The van der Waals surface area contributed by atoms with Gasteiger partial charge in [-0.2, -0.15) is 0 Å². The van der Waals surface area contributed by atoms with Crippen molar-refractivity contribution in [2.45, 2.75) is 6.92 Å². The summed E-state index contributed by atoms with van der Waals surface area (Å²) in [6.45, 7) is 2.99. The van der Waals surface area contributed by atoms with Gasteiger partial charge in [0.1, 0.15) is 6.79 Å². The standard InChI is InChI=1S/C14H15IO3/c1-14(8-17-10-18-9-14)13(16)6-5-11-3-2-4-12(15)7-11/h2-7H,8-10H2,1H3. The van der Waals surface area contributed by atoms with Gasteiger partial charge in [-0.05, 0) is 53.3 Å². The largest absolute Gasteiger partial charge is 0.354 e. The molecule has 1 fully saturated rings. The molecular weight excluding hydrogens is 343 g/mol. The highest BCUT2D eigenvalue weighted by atomic mass is 127. The van der Waals surface area contributed by atoms with Crippen molar-refractivity contribution in [3.63, 3.8) is 0 Å². The summed E-state index contributed by atoms with van der Waals surface area (Å²) < 4.78 is 11.5. The molecular formula is C14H15IO3. The van der Waals surface area contributed by atoms with E-state index >= 15 is 0 Å². The maximum atomic E-state index is 12.1. The number of carbonyl (C=O) groups excluding carboxylic acids is 1. The van der Waals surface area contributed by atoms with E-state index < -0.39 is 5.41 Å². The Morgan fingerprint density at radius 3 is 2.78 bits per heavy atom. The van der Waals surface area contributed by atoms with Gasteiger partial charge in [0.15, 0.2) is 5.78 Å². The number of allylic oxidation sites excluding steroid dienone is 1. The molecule has 0 N–H and O–H groups in total. The summed E-state index contributed by atoms with van der Waals surface area (Å²) in [7, 11) is 0. The SMILES string of the molecule is CC1(C(=O)C=Cc2cccc(I)c2)COCOC1. The molecule has 96 valence electrons. The molecule has 0 bridgehead atoms. The molecule has 0 spiro atoms. The van der Waals surface area contributed by atoms with Crippen LogP contribution < -0.4 is 0 Å². The van der Waals surface area contributed by atoms with E-state index in [4.69, 9.17) is 9.47 Å². The fraction of sp³-hybridized carbons (Fsp3) is 0.357. The van der Waals surface area contributed by atoms with Gasteiger partial charge in [-0.1, -0.05) is 18.2 Å². The van der Waals surface area contributed by atoms with Crippen LogP contribution in [0.2, 0.25) is 0 Å². The lowest BCUT2D eigenvalue weighted by Crippen LogP contribution is -2.40. The lowest BCUT2D eigenvalue weighted by molar-refractivity contribution is -0.168. The minimum absolute atomic E-state index is 0.0426.